The fourth-order valence-electron chi connectivity index (χ4n) is 8.51. The molecule has 1 saturated heterocycles. The molecule has 3 N–H and O–H groups in total. The van der Waals surface area contributed by atoms with Crippen LogP contribution in [0.2, 0.25) is 0 Å². The lowest BCUT2D eigenvalue weighted by atomic mass is 10.0. The van der Waals surface area contributed by atoms with Crippen LogP contribution in [0, 0.1) is 0 Å². The number of benzene rings is 7. The van der Waals surface area contributed by atoms with Crippen LogP contribution >= 0.6 is 0 Å². The molecule has 2 aliphatic rings. The third kappa shape index (κ3) is 5.40. The number of nitrogens with zero attached hydrogens (tertiary/aromatic N) is 4. The molecule has 4 heterocycles. The minimum absolute atomic E-state index is 0.120. The van der Waals surface area contributed by atoms with E-state index in [1.807, 2.05) is 12.3 Å². The van der Waals surface area contributed by atoms with Crippen LogP contribution < -0.4 is 16.0 Å². The summed E-state index contributed by atoms with van der Waals surface area (Å²) in [6.07, 6.45) is 0.944. The molecule has 2 aliphatic heterocycles. The molecular formula is C48H37N7-2. The van der Waals surface area contributed by atoms with Gasteiger partial charge < -0.3 is 35.7 Å². The molecule has 1 fully saturated rings. The van der Waals surface area contributed by atoms with Crippen molar-refractivity contribution in [3.63, 3.8) is 0 Å². The molecule has 7 heteroatoms. The lowest BCUT2D eigenvalue weighted by Gasteiger charge is -2.51. The molecule has 7 nitrogen and oxygen atoms in total. The molecule has 0 amide bonds. The summed E-state index contributed by atoms with van der Waals surface area (Å²) in [5.41, 5.74) is 11.3. The van der Waals surface area contributed by atoms with Crippen molar-refractivity contribution < 1.29 is 0 Å². The van der Waals surface area contributed by atoms with Gasteiger partial charge in [0, 0.05) is 39.0 Å². The summed E-state index contributed by atoms with van der Waals surface area (Å²) in [5.74, 6) is 0. The average Bonchev–Trinajstić information content (AvgIpc) is 3.96. The van der Waals surface area contributed by atoms with Crippen LogP contribution in [-0.4, -0.2) is 15.3 Å². The van der Waals surface area contributed by atoms with Crippen molar-refractivity contribution in [3.8, 4) is 16.8 Å². The molecular weight excluding hydrogens is 675 g/mol. The standard InChI is InChI=1S/C48H37N7/c1-4-14-31(15-5-1)32-24-26-34(27-25-32)46-51-45(33-16-6-2-7-17-33)52-47(53-46)40-30-49-48(50-40)55-42-23-13-11-21-37(42)39-28-38-36-20-10-12-22-41(36)54(43(38)29-44(39)55)35-18-8-3-9-19-35/h1-30,45-48,50-52H/q-2. The molecule has 0 radical (unpaired) electrons. The quantitative estimate of drug-likeness (QED) is 0.161. The van der Waals surface area contributed by atoms with Gasteiger partial charge in [-0.2, -0.15) is 6.20 Å². The third-order valence-corrected chi connectivity index (χ3v) is 11.1. The van der Waals surface area contributed by atoms with Gasteiger partial charge in [0.25, 0.3) is 0 Å². The van der Waals surface area contributed by atoms with Gasteiger partial charge >= 0.3 is 0 Å². The largest absolute Gasteiger partial charge is 0.653 e. The van der Waals surface area contributed by atoms with E-state index < -0.39 is 0 Å². The Hall–Kier alpha value is -6.64. The Kier molecular flexibility index (Phi) is 7.55. The molecule has 4 atom stereocenters. The first-order valence-corrected chi connectivity index (χ1v) is 18.9. The maximum Gasteiger partial charge on any atom is 0.0815 e. The van der Waals surface area contributed by atoms with E-state index in [0.717, 1.165) is 39.1 Å². The van der Waals surface area contributed by atoms with Gasteiger partial charge in [-0.25, -0.2) is 0 Å². The van der Waals surface area contributed by atoms with E-state index in [1.165, 1.54) is 38.2 Å². The van der Waals surface area contributed by atoms with Crippen LogP contribution in [0.1, 0.15) is 29.7 Å². The van der Waals surface area contributed by atoms with Crippen molar-refractivity contribution in [2.45, 2.75) is 24.8 Å². The summed E-state index contributed by atoms with van der Waals surface area (Å²) in [6.45, 7) is 0. The van der Waals surface area contributed by atoms with Gasteiger partial charge in [-0.05, 0) is 65.0 Å². The number of hydrogen-bond donors (Lipinski definition) is 3. The van der Waals surface area contributed by atoms with Gasteiger partial charge in [0.1, 0.15) is 0 Å². The number of rotatable bonds is 6. The predicted octanol–water partition coefficient (Wildman–Crippen LogP) is 11.1. The molecule has 0 spiro atoms. The Balaban J connectivity index is 0.970. The Bertz CT molecular complexity index is 2860. The Morgan fingerprint density at radius 2 is 1.05 bits per heavy atom. The van der Waals surface area contributed by atoms with Crippen molar-refractivity contribution in [2.24, 2.45) is 0 Å². The normalized spacial score (nSPS) is 19.8. The smallest absolute Gasteiger partial charge is 0.0815 e. The highest BCUT2D eigenvalue weighted by molar-refractivity contribution is 6.18. The topological polar surface area (TPSA) is 74.2 Å². The van der Waals surface area contributed by atoms with E-state index in [4.69, 9.17) is 10.6 Å². The van der Waals surface area contributed by atoms with Crippen LogP contribution in [0.15, 0.2) is 188 Å². The summed E-state index contributed by atoms with van der Waals surface area (Å²) < 4.78 is 4.72. The maximum atomic E-state index is 5.34. The summed E-state index contributed by atoms with van der Waals surface area (Å²) >= 11 is 0. The van der Waals surface area contributed by atoms with Crippen LogP contribution in [0.5, 0.6) is 0 Å². The molecule has 4 unspecified atom stereocenters. The van der Waals surface area contributed by atoms with Crippen molar-refractivity contribution >= 4 is 43.6 Å². The predicted molar refractivity (Wildman–Crippen MR) is 225 cm³/mol. The first-order chi connectivity index (χ1) is 27.3. The summed E-state index contributed by atoms with van der Waals surface area (Å²) in [6, 6.07) is 62.5. The highest BCUT2D eigenvalue weighted by Crippen LogP contribution is 2.42. The van der Waals surface area contributed by atoms with Crippen molar-refractivity contribution in [2.75, 3.05) is 0 Å². The van der Waals surface area contributed by atoms with Crippen LogP contribution in [-0.2, 0) is 0 Å². The van der Waals surface area contributed by atoms with Gasteiger partial charge in [-0.15, -0.1) is 0 Å². The van der Waals surface area contributed by atoms with E-state index in [2.05, 4.69) is 195 Å². The molecule has 2 aromatic heterocycles. The Morgan fingerprint density at radius 3 is 1.82 bits per heavy atom. The van der Waals surface area contributed by atoms with E-state index in [-0.39, 0.29) is 24.8 Å². The van der Waals surface area contributed by atoms with Crippen molar-refractivity contribution in [1.82, 2.24) is 25.1 Å². The minimum atomic E-state index is -0.352. The zero-order chi connectivity index (χ0) is 36.3. The third-order valence-electron chi connectivity index (χ3n) is 11.1. The number of para-hydroxylation sites is 3. The lowest BCUT2D eigenvalue weighted by Crippen LogP contribution is -2.50. The second kappa shape index (κ2) is 13.0. The first-order valence-electron chi connectivity index (χ1n) is 18.9. The fourth-order valence-corrected chi connectivity index (χ4v) is 8.51. The molecule has 55 heavy (non-hydrogen) atoms. The second-order valence-corrected chi connectivity index (χ2v) is 14.3. The molecule has 11 rings (SSSR count). The number of fused-ring (bicyclic) bond motifs is 6. The van der Waals surface area contributed by atoms with Crippen LogP contribution in [0.25, 0.3) is 71.1 Å². The van der Waals surface area contributed by atoms with Gasteiger partial charge in [-0.3, -0.25) is 0 Å². The highest BCUT2D eigenvalue weighted by atomic mass is 15.4. The molecule has 0 aliphatic carbocycles. The highest BCUT2D eigenvalue weighted by Gasteiger charge is 2.25. The lowest BCUT2D eigenvalue weighted by molar-refractivity contribution is 0.323. The first kappa shape index (κ1) is 31.8. The summed E-state index contributed by atoms with van der Waals surface area (Å²) in [5, 5.41) is 26.7. The molecule has 266 valence electrons. The van der Waals surface area contributed by atoms with Crippen molar-refractivity contribution in [3.05, 3.63) is 210 Å². The zero-order valence-electron chi connectivity index (χ0n) is 29.9. The van der Waals surface area contributed by atoms with E-state index in [1.54, 1.807) is 0 Å². The average molecular weight is 712 g/mol. The fraction of sp³-hybridized carbons (Fsp3) is 0.0833. The zero-order valence-corrected chi connectivity index (χ0v) is 29.9. The number of nitrogens with one attached hydrogen (secondary N) is 3. The van der Waals surface area contributed by atoms with Gasteiger partial charge in [0.15, 0.2) is 0 Å². The second-order valence-electron chi connectivity index (χ2n) is 14.3. The van der Waals surface area contributed by atoms with Crippen LogP contribution in [0.3, 0.4) is 0 Å². The Labute approximate surface area is 318 Å². The molecule has 7 aromatic carbocycles. The summed E-state index contributed by atoms with van der Waals surface area (Å²) in [7, 11) is 0. The molecule has 0 saturated carbocycles. The van der Waals surface area contributed by atoms with E-state index in [0.29, 0.717) is 0 Å². The molecule has 0 bridgehead atoms. The van der Waals surface area contributed by atoms with Gasteiger partial charge in [-0.1, -0.05) is 151 Å². The van der Waals surface area contributed by atoms with Gasteiger partial charge in [0.2, 0.25) is 0 Å². The SMILES string of the molecule is C1=C(C2[N-]C(c3ccc(-c4ccccc4)cc3)NC(c3ccccc3)N2)NC(n2c3ccccc3c3cc4c5ccccc5n(-c5ccccc5)c4cc32)[N-]1. The van der Waals surface area contributed by atoms with Crippen molar-refractivity contribution in [1.29, 1.82) is 0 Å². The molecule has 9 aromatic rings. The number of aromatic nitrogens is 2. The number of hydrogen-bond acceptors (Lipinski definition) is 3. The van der Waals surface area contributed by atoms with Gasteiger partial charge in [0.05, 0.1) is 22.7 Å². The van der Waals surface area contributed by atoms with Crippen LogP contribution in [0.4, 0.5) is 0 Å². The minimum Gasteiger partial charge on any atom is -0.653 e. The van der Waals surface area contributed by atoms with E-state index >= 15 is 0 Å². The maximum absolute atomic E-state index is 5.34. The van der Waals surface area contributed by atoms with E-state index in [9.17, 15) is 0 Å². The monoisotopic (exact) mass is 711 g/mol. The summed E-state index contributed by atoms with van der Waals surface area (Å²) in [4.78, 5) is 0. The Morgan fingerprint density at radius 1 is 0.455 bits per heavy atom.